The third kappa shape index (κ3) is 3.72. The van der Waals surface area contributed by atoms with E-state index < -0.39 is 0 Å². The lowest BCUT2D eigenvalue weighted by molar-refractivity contribution is 0.145. The number of ether oxygens (including phenoxy) is 1. The summed E-state index contributed by atoms with van der Waals surface area (Å²) in [5.41, 5.74) is 1.95. The van der Waals surface area contributed by atoms with Crippen LogP contribution >= 0.6 is 0 Å². The Morgan fingerprint density at radius 3 is 2.77 bits per heavy atom. The summed E-state index contributed by atoms with van der Waals surface area (Å²) in [6, 6.07) is 5.91. The number of aryl methyl sites for hydroxylation is 1. The van der Waals surface area contributed by atoms with Gasteiger partial charge >= 0.3 is 0 Å². The molecule has 3 heterocycles. The summed E-state index contributed by atoms with van der Waals surface area (Å²) >= 11 is 0. The highest BCUT2D eigenvalue weighted by Crippen LogP contribution is 2.18. The van der Waals surface area contributed by atoms with Crippen molar-refractivity contribution < 1.29 is 4.74 Å². The molecule has 0 atom stereocenters. The number of rotatable bonds is 5. The Labute approximate surface area is 131 Å². The van der Waals surface area contributed by atoms with E-state index in [1.807, 2.05) is 25.1 Å². The van der Waals surface area contributed by atoms with Crippen molar-refractivity contribution >= 4 is 10.9 Å². The molecule has 0 unspecified atom stereocenters. The molecular weight excluding hydrogens is 276 g/mol. The fourth-order valence-corrected chi connectivity index (χ4v) is 2.80. The molecule has 1 aliphatic rings. The van der Waals surface area contributed by atoms with Crippen LogP contribution in [0.1, 0.15) is 12.1 Å². The van der Waals surface area contributed by atoms with E-state index in [9.17, 15) is 0 Å². The fraction of sp³-hybridized carbons (Fsp3) is 0.529. The van der Waals surface area contributed by atoms with Gasteiger partial charge in [-0.2, -0.15) is 0 Å². The minimum absolute atomic E-state index is 0.705. The lowest BCUT2D eigenvalue weighted by Crippen LogP contribution is -2.44. The highest BCUT2D eigenvalue weighted by Gasteiger charge is 2.12. The Morgan fingerprint density at radius 1 is 1.14 bits per heavy atom. The SMILES string of the molecule is Cc1nccc2nc(OCCCN3CCN(C)CC3)ccc12. The molecular formula is C17H24N4O. The molecule has 5 heteroatoms. The molecule has 2 aromatic heterocycles. The Balaban J connectivity index is 1.47. The lowest BCUT2D eigenvalue weighted by Gasteiger charge is -2.32. The predicted molar refractivity (Wildman–Crippen MR) is 88.3 cm³/mol. The molecule has 5 nitrogen and oxygen atoms in total. The monoisotopic (exact) mass is 300 g/mol. The van der Waals surface area contributed by atoms with Crippen LogP contribution < -0.4 is 4.74 Å². The number of fused-ring (bicyclic) bond motifs is 1. The summed E-state index contributed by atoms with van der Waals surface area (Å²) in [6.45, 7) is 8.48. The van der Waals surface area contributed by atoms with Crippen LogP contribution in [-0.2, 0) is 0 Å². The lowest BCUT2D eigenvalue weighted by atomic mass is 10.2. The zero-order valence-electron chi connectivity index (χ0n) is 13.5. The van der Waals surface area contributed by atoms with Crippen LogP contribution in [0.3, 0.4) is 0 Å². The van der Waals surface area contributed by atoms with E-state index in [-0.39, 0.29) is 0 Å². The largest absolute Gasteiger partial charge is 0.478 e. The van der Waals surface area contributed by atoms with Crippen LogP contribution in [0.15, 0.2) is 24.4 Å². The van der Waals surface area contributed by atoms with Gasteiger partial charge in [-0.15, -0.1) is 0 Å². The van der Waals surface area contributed by atoms with E-state index in [2.05, 4.69) is 26.8 Å². The zero-order valence-corrected chi connectivity index (χ0v) is 13.5. The van der Waals surface area contributed by atoms with Crippen molar-refractivity contribution in [1.29, 1.82) is 0 Å². The maximum absolute atomic E-state index is 5.80. The van der Waals surface area contributed by atoms with Crippen molar-refractivity contribution in [2.45, 2.75) is 13.3 Å². The number of hydrogen-bond acceptors (Lipinski definition) is 5. The minimum atomic E-state index is 0.705. The fourth-order valence-electron chi connectivity index (χ4n) is 2.80. The molecule has 0 aliphatic carbocycles. The summed E-state index contributed by atoms with van der Waals surface area (Å²) in [7, 11) is 2.18. The van der Waals surface area contributed by atoms with E-state index in [1.165, 1.54) is 13.1 Å². The Morgan fingerprint density at radius 2 is 1.95 bits per heavy atom. The first kappa shape index (κ1) is 15.2. The molecule has 0 radical (unpaired) electrons. The molecule has 0 aromatic carbocycles. The van der Waals surface area contributed by atoms with Gasteiger partial charge in [0.15, 0.2) is 0 Å². The quantitative estimate of drug-likeness (QED) is 0.790. The Hall–Kier alpha value is -1.72. The number of aromatic nitrogens is 2. The highest BCUT2D eigenvalue weighted by atomic mass is 16.5. The number of hydrogen-bond donors (Lipinski definition) is 0. The predicted octanol–water partition coefficient (Wildman–Crippen LogP) is 1.95. The van der Waals surface area contributed by atoms with Gasteiger partial charge < -0.3 is 14.5 Å². The molecule has 0 bridgehead atoms. The van der Waals surface area contributed by atoms with E-state index in [1.54, 1.807) is 6.20 Å². The molecule has 0 spiro atoms. The maximum atomic E-state index is 5.80. The molecule has 0 N–H and O–H groups in total. The van der Waals surface area contributed by atoms with Gasteiger partial charge in [0.2, 0.25) is 5.88 Å². The average molecular weight is 300 g/mol. The van der Waals surface area contributed by atoms with Crippen LogP contribution in [0.4, 0.5) is 0 Å². The molecule has 1 saturated heterocycles. The zero-order chi connectivity index (χ0) is 15.4. The maximum Gasteiger partial charge on any atom is 0.213 e. The highest BCUT2D eigenvalue weighted by molar-refractivity contribution is 5.80. The molecule has 3 rings (SSSR count). The summed E-state index contributed by atoms with van der Waals surface area (Å²) in [4.78, 5) is 13.7. The van der Waals surface area contributed by atoms with E-state index in [0.29, 0.717) is 5.88 Å². The third-order valence-electron chi connectivity index (χ3n) is 4.25. The summed E-state index contributed by atoms with van der Waals surface area (Å²) in [5, 5.41) is 1.09. The van der Waals surface area contributed by atoms with Gasteiger partial charge in [-0.25, -0.2) is 4.98 Å². The second-order valence-electron chi connectivity index (χ2n) is 5.96. The van der Waals surface area contributed by atoms with E-state index in [0.717, 1.165) is 49.3 Å². The first-order chi connectivity index (χ1) is 10.7. The second kappa shape index (κ2) is 7.03. The summed E-state index contributed by atoms with van der Waals surface area (Å²) in [5.74, 6) is 0.705. The summed E-state index contributed by atoms with van der Waals surface area (Å²) < 4.78 is 5.80. The number of pyridine rings is 2. The minimum Gasteiger partial charge on any atom is -0.478 e. The number of likely N-dealkylation sites (N-methyl/N-ethyl adjacent to an activating group) is 1. The standard InChI is InChI=1S/C17H24N4O/c1-14-15-4-5-17(19-16(15)6-7-18-14)22-13-3-8-21-11-9-20(2)10-12-21/h4-7H,3,8-13H2,1-2H3. The van der Waals surface area contributed by atoms with Gasteiger partial charge in [-0.1, -0.05) is 0 Å². The van der Waals surface area contributed by atoms with Gasteiger partial charge in [0.1, 0.15) is 0 Å². The summed E-state index contributed by atoms with van der Waals surface area (Å²) in [6.07, 6.45) is 2.83. The number of nitrogens with zero attached hydrogens (tertiary/aromatic N) is 4. The van der Waals surface area contributed by atoms with Gasteiger partial charge in [0, 0.05) is 56.1 Å². The first-order valence-corrected chi connectivity index (χ1v) is 7.98. The third-order valence-corrected chi connectivity index (χ3v) is 4.25. The van der Waals surface area contributed by atoms with Crippen molar-refractivity contribution in [2.75, 3.05) is 46.4 Å². The van der Waals surface area contributed by atoms with Crippen molar-refractivity contribution in [3.8, 4) is 5.88 Å². The van der Waals surface area contributed by atoms with Crippen molar-refractivity contribution in [1.82, 2.24) is 19.8 Å². The van der Waals surface area contributed by atoms with Crippen LogP contribution in [0.2, 0.25) is 0 Å². The van der Waals surface area contributed by atoms with Crippen LogP contribution in [0.25, 0.3) is 10.9 Å². The molecule has 22 heavy (non-hydrogen) atoms. The molecule has 0 saturated carbocycles. The van der Waals surface area contributed by atoms with Crippen LogP contribution in [-0.4, -0.2) is 66.1 Å². The Kier molecular flexibility index (Phi) is 4.85. The van der Waals surface area contributed by atoms with Crippen LogP contribution in [0, 0.1) is 6.92 Å². The Bertz CT molecular complexity index is 623. The molecule has 1 fully saturated rings. The van der Waals surface area contributed by atoms with Gasteiger partial charge in [-0.05, 0) is 32.5 Å². The first-order valence-electron chi connectivity index (χ1n) is 7.98. The van der Waals surface area contributed by atoms with Crippen LogP contribution in [0.5, 0.6) is 5.88 Å². The van der Waals surface area contributed by atoms with Gasteiger partial charge in [0.25, 0.3) is 0 Å². The average Bonchev–Trinajstić information content (AvgIpc) is 2.53. The van der Waals surface area contributed by atoms with Crippen molar-refractivity contribution in [2.24, 2.45) is 0 Å². The van der Waals surface area contributed by atoms with Crippen molar-refractivity contribution in [3.63, 3.8) is 0 Å². The normalized spacial score (nSPS) is 17.0. The smallest absolute Gasteiger partial charge is 0.213 e. The number of piperazine rings is 1. The van der Waals surface area contributed by atoms with E-state index >= 15 is 0 Å². The van der Waals surface area contributed by atoms with Gasteiger partial charge in [-0.3, -0.25) is 4.98 Å². The topological polar surface area (TPSA) is 41.5 Å². The molecule has 2 aromatic rings. The van der Waals surface area contributed by atoms with Crippen molar-refractivity contribution in [3.05, 3.63) is 30.1 Å². The molecule has 0 amide bonds. The van der Waals surface area contributed by atoms with Gasteiger partial charge in [0.05, 0.1) is 12.1 Å². The van der Waals surface area contributed by atoms with E-state index in [4.69, 9.17) is 4.74 Å². The second-order valence-corrected chi connectivity index (χ2v) is 5.96. The molecule has 118 valence electrons. The molecule has 1 aliphatic heterocycles.